The summed E-state index contributed by atoms with van der Waals surface area (Å²) in [6.07, 6.45) is 1.99. The second-order valence-corrected chi connectivity index (χ2v) is 19.3. The highest BCUT2D eigenvalue weighted by Gasteiger charge is 2.61. The molecule has 6 rings (SSSR count). The summed E-state index contributed by atoms with van der Waals surface area (Å²) in [6.45, 7) is 14.7. The number of nitrogens with zero attached hydrogens (tertiary/aromatic N) is 2. The second kappa shape index (κ2) is 14.6. The Labute approximate surface area is 317 Å². The summed E-state index contributed by atoms with van der Waals surface area (Å²) in [5, 5.41) is 4.02. The molecule has 2 aromatic carbocycles. The van der Waals surface area contributed by atoms with E-state index in [1.807, 2.05) is 81.4 Å². The minimum atomic E-state index is -3.65. The smallest absolute Gasteiger partial charge is 0.307 e. The lowest BCUT2D eigenvalue weighted by Crippen LogP contribution is -2.55. The highest BCUT2D eigenvalue weighted by Crippen LogP contribution is 2.46. The van der Waals surface area contributed by atoms with Crippen LogP contribution in [0.15, 0.2) is 73.3 Å². The Bertz CT molecular complexity index is 2070. The van der Waals surface area contributed by atoms with Gasteiger partial charge in [-0.3, -0.25) is 19.2 Å². The number of esters is 1. The van der Waals surface area contributed by atoms with Crippen LogP contribution in [0.1, 0.15) is 73.6 Å². The molecular weight excluding hydrogens is 707 g/mol. The first kappa shape index (κ1) is 39.1. The Morgan fingerprint density at radius 1 is 1.02 bits per heavy atom. The van der Waals surface area contributed by atoms with Crippen molar-refractivity contribution in [2.75, 3.05) is 12.3 Å². The molecule has 0 bridgehead atoms. The molecule has 0 spiro atoms. The molecule has 0 radical (unpaired) electrons. The van der Waals surface area contributed by atoms with Gasteiger partial charge in [0.15, 0.2) is 15.6 Å². The van der Waals surface area contributed by atoms with E-state index < -0.39 is 84.9 Å². The number of pyridine rings is 1. The minimum Gasteiger partial charge on any atom is -0.472 e. The van der Waals surface area contributed by atoms with Crippen LogP contribution in [0.5, 0.6) is 5.88 Å². The Morgan fingerprint density at radius 2 is 1.69 bits per heavy atom. The fraction of sp³-hybridized carbons (Fsp3) is 0.500. The van der Waals surface area contributed by atoms with Gasteiger partial charge in [0, 0.05) is 23.3 Å². The molecule has 0 unspecified atom stereocenters. The molecule has 3 fully saturated rings. The molecule has 1 N–H and O–H groups in total. The molecule has 1 aliphatic heterocycles. The zero-order valence-electron chi connectivity index (χ0n) is 32.0. The molecule has 12 heteroatoms. The molecular formula is C42H51N3O8S. The van der Waals surface area contributed by atoms with Gasteiger partial charge in [-0.2, -0.15) is 0 Å². The zero-order chi connectivity index (χ0) is 39.2. The van der Waals surface area contributed by atoms with Gasteiger partial charge in [-0.05, 0) is 63.0 Å². The van der Waals surface area contributed by atoms with Crippen molar-refractivity contribution in [2.45, 2.75) is 102 Å². The molecule has 1 saturated heterocycles. The molecule has 3 aliphatic rings. The Kier molecular flexibility index (Phi) is 10.6. The van der Waals surface area contributed by atoms with Crippen LogP contribution in [-0.4, -0.2) is 82.7 Å². The van der Waals surface area contributed by atoms with E-state index >= 15 is 0 Å². The van der Waals surface area contributed by atoms with Crippen molar-refractivity contribution < 1.29 is 37.1 Å². The molecule has 11 nitrogen and oxygen atoms in total. The summed E-state index contributed by atoms with van der Waals surface area (Å²) >= 11 is 0. The van der Waals surface area contributed by atoms with Crippen LogP contribution in [-0.2, 0) is 33.8 Å². The predicted octanol–water partition coefficient (Wildman–Crippen LogP) is 5.85. The maximum Gasteiger partial charge on any atom is 0.307 e. The lowest BCUT2D eigenvalue weighted by Gasteiger charge is -2.35. The maximum atomic E-state index is 14.7. The lowest BCUT2D eigenvalue weighted by atomic mass is 9.77. The van der Waals surface area contributed by atoms with Crippen LogP contribution >= 0.6 is 0 Å². The third-order valence-corrected chi connectivity index (χ3v) is 12.7. The Morgan fingerprint density at radius 3 is 2.30 bits per heavy atom. The topological polar surface area (TPSA) is 149 Å². The first-order chi connectivity index (χ1) is 25.3. The fourth-order valence-corrected chi connectivity index (χ4v) is 9.04. The number of rotatable bonds is 13. The molecule has 2 aliphatic carbocycles. The molecule has 54 heavy (non-hydrogen) atoms. The number of amides is 2. The van der Waals surface area contributed by atoms with E-state index in [0.717, 1.165) is 16.3 Å². The van der Waals surface area contributed by atoms with E-state index in [9.17, 15) is 27.6 Å². The van der Waals surface area contributed by atoms with Gasteiger partial charge in [0.2, 0.25) is 17.7 Å². The Hall–Kier alpha value is -4.58. The molecule has 1 aromatic heterocycles. The first-order valence-electron chi connectivity index (χ1n) is 18.6. The molecule has 2 heterocycles. The van der Waals surface area contributed by atoms with Crippen molar-refractivity contribution in [3.8, 4) is 17.1 Å². The average molecular weight is 758 g/mol. The number of aromatic nitrogens is 1. The van der Waals surface area contributed by atoms with Crippen LogP contribution in [0.3, 0.4) is 0 Å². The van der Waals surface area contributed by atoms with Crippen molar-refractivity contribution in [1.29, 1.82) is 0 Å². The number of fused-ring (bicyclic) bond motifs is 1. The average Bonchev–Trinajstić information content (AvgIpc) is 4.03. The number of carbonyl (C=O) groups excluding carboxylic acids is 4. The highest BCUT2D eigenvalue weighted by atomic mass is 32.2. The maximum absolute atomic E-state index is 14.7. The number of ether oxygens (including phenoxy) is 2. The van der Waals surface area contributed by atoms with E-state index in [2.05, 4.69) is 11.9 Å². The van der Waals surface area contributed by atoms with Crippen molar-refractivity contribution in [1.82, 2.24) is 15.2 Å². The SMILES string of the molecule is C=C[C@@H]1C[C@]1(NC(=O)[C@@H]1C[C@@H](Oc2nc(-c3ccccc3)cc3ccccc23)CN1C(=O)[C@@H](CC(=O)OC(C)(C)C)C(C)(C)C)C(=O)CS(=O)(=O)C1CC1. The van der Waals surface area contributed by atoms with Gasteiger partial charge >= 0.3 is 5.97 Å². The van der Waals surface area contributed by atoms with Crippen molar-refractivity contribution in [2.24, 2.45) is 17.3 Å². The number of hydrogen-bond acceptors (Lipinski definition) is 9. The van der Waals surface area contributed by atoms with Crippen LogP contribution in [0, 0.1) is 17.3 Å². The van der Waals surface area contributed by atoms with Crippen molar-refractivity contribution >= 4 is 44.2 Å². The quantitative estimate of drug-likeness (QED) is 0.167. The lowest BCUT2D eigenvalue weighted by molar-refractivity contribution is -0.161. The van der Waals surface area contributed by atoms with Crippen LogP contribution in [0.4, 0.5) is 0 Å². The zero-order valence-corrected chi connectivity index (χ0v) is 32.8. The van der Waals surface area contributed by atoms with Crippen molar-refractivity contribution in [3.63, 3.8) is 0 Å². The number of hydrogen-bond donors (Lipinski definition) is 1. The van der Waals surface area contributed by atoms with Gasteiger partial charge in [0.25, 0.3) is 0 Å². The van der Waals surface area contributed by atoms with Gasteiger partial charge < -0.3 is 19.7 Å². The summed E-state index contributed by atoms with van der Waals surface area (Å²) in [7, 11) is -3.65. The number of nitrogens with one attached hydrogen (secondary N) is 1. The highest BCUT2D eigenvalue weighted by molar-refractivity contribution is 7.93. The minimum absolute atomic E-state index is 0.00524. The second-order valence-electron chi connectivity index (χ2n) is 17.0. The summed E-state index contributed by atoms with van der Waals surface area (Å²) in [6, 6.07) is 18.3. The van der Waals surface area contributed by atoms with E-state index in [-0.39, 0.29) is 25.8 Å². The molecule has 5 atom stereocenters. The van der Waals surface area contributed by atoms with Crippen LogP contribution in [0.25, 0.3) is 22.0 Å². The van der Waals surface area contributed by atoms with Crippen LogP contribution < -0.4 is 10.1 Å². The molecule has 288 valence electrons. The number of Topliss-reactive ketones (excluding diaryl/α,β-unsaturated/α-hetero) is 1. The summed E-state index contributed by atoms with van der Waals surface area (Å²) in [4.78, 5) is 62.2. The first-order valence-corrected chi connectivity index (χ1v) is 20.4. The normalized spacial score (nSPS) is 23.4. The summed E-state index contributed by atoms with van der Waals surface area (Å²) in [5.74, 6) is -3.78. The van der Waals surface area contributed by atoms with E-state index in [4.69, 9.17) is 14.5 Å². The number of carbonyl (C=O) groups is 4. The molecule has 2 saturated carbocycles. The molecule has 2 amide bonds. The van der Waals surface area contributed by atoms with Gasteiger partial charge in [-0.15, -0.1) is 6.58 Å². The Balaban J connectivity index is 1.33. The summed E-state index contributed by atoms with van der Waals surface area (Å²) in [5.41, 5.74) is -1.31. The van der Waals surface area contributed by atoms with Crippen LogP contribution in [0.2, 0.25) is 0 Å². The number of sulfone groups is 1. The van der Waals surface area contributed by atoms with Gasteiger partial charge in [-0.1, -0.05) is 75.4 Å². The van der Waals surface area contributed by atoms with E-state index in [0.29, 0.717) is 24.4 Å². The predicted molar refractivity (Wildman–Crippen MR) is 206 cm³/mol. The number of ketones is 1. The molecule has 3 aromatic rings. The number of benzene rings is 2. The van der Waals surface area contributed by atoms with E-state index in [1.165, 1.54) is 4.90 Å². The summed E-state index contributed by atoms with van der Waals surface area (Å²) < 4.78 is 37.9. The fourth-order valence-electron chi connectivity index (χ4n) is 7.33. The third-order valence-electron chi connectivity index (χ3n) is 10.5. The van der Waals surface area contributed by atoms with Crippen molar-refractivity contribution in [3.05, 3.63) is 73.3 Å². The van der Waals surface area contributed by atoms with E-state index in [1.54, 1.807) is 26.8 Å². The standard InChI is InChI=1S/C42H51N3O8S/c1-8-28-23-42(28,35(46)25-54(50,51)30-18-19-30)44-37(48)34-21-29(24-45(34)39(49)32(40(2,3)4)22-36(47)53-41(5,6)7)52-38-31-17-13-12-16-27(31)20-33(43-38)26-14-10-9-11-15-26/h8-17,20,28-30,32,34H,1,18-19,21-25H2,2-7H3,(H,44,48)/t28-,29-,32-,34+,42-/m1/s1. The monoisotopic (exact) mass is 757 g/mol. The largest absolute Gasteiger partial charge is 0.472 e. The number of likely N-dealkylation sites (tertiary alicyclic amines) is 1. The third kappa shape index (κ3) is 8.53. The van der Waals surface area contributed by atoms with Gasteiger partial charge in [0.1, 0.15) is 29.0 Å². The van der Waals surface area contributed by atoms with Gasteiger partial charge in [-0.25, -0.2) is 13.4 Å². The van der Waals surface area contributed by atoms with Gasteiger partial charge in [0.05, 0.1) is 29.8 Å².